The lowest BCUT2D eigenvalue weighted by Gasteiger charge is -2.03. The van der Waals surface area contributed by atoms with Crippen molar-refractivity contribution >= 4 is 32.9 Å². The summed E-state index contributed by atoms with van der Waals surface area (Å²) < 4.78 is 12.5. The molecule has 0 amide bonds. The molecule has 3 aromatic rings. The number of pyridine rings is 1. The number of hydrogen-bond donors (Lipinski definition) is 0. The molecule has 0 spiro atoms. The van der Waals surface area contributed by atoms with Gasteiger partial charge in [0, 0.05) is 4.47 Å². The maximum atomic E-state index is 12.0. The molecule has 0 fully saturated rings. The number of carbonyl (C=O) groups is 1. The quantitative estimate of drug-likeness (QED) is 0.671. The van der Waals surface area contributed by atoms with E-state index < -0.39 is 5.97 Å². The molecule has 0 aliphatic carbocycles. The van der Waals surface area contributed by atoms with Crippen LogP contribution in [0.4, 0.5) is 0 Å². The molecule has 0 aliphatic heterocycles. The van der Waals surface area contributed by atoms with Crippen LogP contribution in [0, 0.1) is 0 Å². The van der Waals surface area contributed by atoms with Gasteiger partial charge < -0.3 is 9.47 Å². The summed E-state index contributed by atoms with van der Waals surface area (Å²) >= 11 is 3.42. The van der Waals surface area contributed by atoms with Crippen molar-refractivity contribution < 1.29 is 14.3 Å². The second-order valence-electron chi connectivity index (χ2n) is 4.48. The van der Waals surface area contributed by atoms with Crippen molar-refractivity contribution in [2.24, 2.45) is 0 Å². The fourth-order valence-corrected chi connectivity index (χ4v) is 2.52. The van der Waals surface area contributed by atoms with Crippen molar-refractivity contribution in [3.63, 3.8) is 0 Å². The number of methoxy groups -OCH3 is 2. The average molecular weight is 362 g/mol. The molecule has 3 rings (SSSR count). The van der Waals surface area contributed by atoms with Gasteiger partial charge in [0.15, 0.2) is 11.3 Å². The van der Waals surface area contributed by atoms with Crippen LogP contribution in [0.2, 0.25) is 0 Å². The molecule has 6 nitrogen and oxygen atoms in total. The Kier molecular flexibility index (Phi) is 3.81. The minimum absolute atomic E-state index is 0.198. The molecule has 0 N–H and O–H groups in total. The molecular formula is C15H12BrN3O3. The number of esters is 1. The lowest BCUT2D eigenvalue weighted by Crippen LogP contribution is -2.04. The lowest BCUT2D eigenvalue weighted by atomic mass is 10.2. The topological polar surface area (TPSA) is 66.2 Å². The van der Waals surface area contributed by atoms with Crippen LogP contribution >= 0.6 is 15.9 Å². The van der Waals surface area contributed by atoms with E-state index in [9.17, 15) is 4.79 Å². The summed E-state index contributed by atoms with van der Waals surface area (Å²) in [6.45, 7) is 0. The second-order valence-corrected chi connectivity index (χ2v) is 5.39. The Hall–Kier alpha value is -2.41. The summed E-state index contributed by atoms with van der Waals surface area (Å²) in [4.78, 5) is 16.3. The Morgan fingerprint density at radius 3 is 2.77 bits per heavy atom. The van der Waals surface area contributed by atoms with Gasteiger partial charge in [0.25, 0.3) is 0 Å². The van der Waals surface area contributed by atoms with Gasteiger partial charge >= 0.3 is 5.97 Å². The van der Waals surface area contributed by atoms with Gasteiger partial charge in [0.1, 0.15) is 5.75 Å². The minimum atomic E-state index is -0.520. The molecule has 0 atom stereocenters. The molecule has 7 heteroatoms. The lowest BCUT2D eigenvalue weighted by molar-refractivity contribution is 0.0595. The normalized spacial score (nSPS) is 10.7. The highest BCUT2D eigenvalue weighted by Gasteiger charge is 2.20. The van der Waals surface area contributed by atoms with Crippen LogP contribution in [0.3, 0.4) is 0 Å². The highest BCUT2D eigenvalue weighted by molar-refractivity contribution is 9.10. The fraction of sp³-hybridized carbons (Fsp3) is 0.133. The van der Waals surface area contributed by atoms with E-state index in [1.165, 1.54) is 7.11 Å². The van der Waals surface area contributed by atoms with Crippen LogP contribution in [0.25, 0.3) is 16.7 Å². The number of ether oxygens (including phenoxy) is 2. The zero-order valence-electron chi connectivity index (χ0n) is 11.9. The molecule has 0 radical (unpaired) electrons. The van der Waals surface area contributed by atoms with Crippen LogP contribution in [0.5, 0.6) is 5.75 Å². The van der Waals surface area contributed by atoms with Crippen LogP contribution in [-0.2, 0) is 4.74 Å². The predicted molar refractivity (Wildman–Crippen MR) is 84.5 cm³/mol. The van der Waals surface area contributed by atoms with Crippen molar-refractivity contribution in [3.05, 3.63) is 46.7 Å². The minimum Gasteiger partial charge on any atom is -0.495 e. The maximum Gasteiger partial charge on any atom is 0.359 e. The Labute approximate surface area is 134 Å². The number of hydrogen-bond acceptors (Lipinski definition) is 5. The number of carbonyl (C=O) groups excluding carboxylic acids is 1. The Balaban J connectivity index is 2.29. The van der Waals surface area contributed by atoms with Crippen molar-refractivity contribution in [1.29, 1.82) is 0 Å². The van der Waals surface area contributed by atoms with E-state index in [-0.39, 0.29) is 5.69 Å². The monoisotopic (exact) mass is 361 g/mol. The molecule has 0 saturated carbocycles. The average Bonchev–Trinajstić information content (AvgIpc) is 2.92. The SMILES string of the molecule is COC(=O)c1nn(-c2cccc(Br)c2)c2ncc(OC)cc12. The first-order valence-corrected chi connectivity index (χ1v) is 7.20. The number of nitrogens with zero attached hydrogens (tertiary/aromatic N) is 3. The van der Waals surface area contributed by atoms with E-state index >= 15 is 0 Å². The van der Waals surface area contributed by atoms with Gasteiger partial charge in [0.2, 0.25) is 0 Å². The first kappa shape index (κ1) is 14.5. The van der Waals surface area contributed by atoms with Crippen LogP contribution < -0.4 is 4.74 Å². The van der Waals surface area contributed by atoms with E-state index in [4.69, 9.17) is 9.47 Å². The summed E-state index contributed by atoms with van der Waals surface area (Å²) in [6, 6.07) is 9.28. The first-order valence-electron chi connectivity index (χ1n) is 6.41. The third-order valence-corrected chi connectivity index (χ3v) is 3.66. The summed E-state index contributed by atoms with van der Waals surface area (Å²) in [5.41, 5.74) is 1.54. The van der Waals surface area contributed by atoms with E-state index in [2.05, 4.69) is 26.0 Å². The highest BCUT2D eigenvalue weighted by Crippen LogP contribution is 2.25. The molecular weight excluding hydrogens is 350 g/mol. The Bertz CT molecular complexity index is 860. The first-order chi connectivity index (χ1) is 10.6. The Morgan fingerprint density at radius 2 is 2.09 bits per heavy atom. The van der Waals surface area contributed by atoms with Gasteiger partial charge in [-0.2, -0.15) is 5.10 Å². The summed E-state index contributed by atoms with van der Waals surface area (Å²) in [7, 11) is 2.86. The number of rotatable bonds is 3. The van der Waals surface area contributed by atoms with Gasteiger partial charge in [-0.05, 0) is 24.3 Å². The van der Waals surface area contributed by atoms with E-state index in [0.717, 1.165) is 10.2 Å². The number of aromatic nitrogens is 3. The molecule has 2 aromatic heterocycles. The molecule has 2 heterocycles. The van der Waals surface area contributed by atoms with Crippen LogP contribution in [0.1, 0.15) is 10.5 Å². The molecule has 0 saturated heterocycles. The van der Waals surface area contributed by atoms with Gasteiger partial charge in [-0.1, -0.05) is 22.0 Å². The molecule has 1 aromatic carbocycles. The third kappa shape index (κ3) is 2.43. The van der Waals surface area contributed by atoms with Crippen LogP contribution in [-0.4, -0.2) is 35.0 Å². The molecule has 0 aliphatic rings. The third-order valence-electron chi connectivity index (χ3n) is 3.16. The molecule has 112 valence electrons. The zero-order valence-corrected chi connectivity index (χ0v) is 13.5. The standard InChI is InChI=1S/C15H12BrN3O3/c1-21-11-7-12-13(15(20)22-2)18-19(14(12)17-8-11)10-5-3-4-9(16)6-10/h3-8H,1-2H3. The smallest absolute Gasteiger partial charge is 0.359 e. The van der Waals surface area contributed by atoms with Crippen molar-refractivity contribution in [2.75, 3.05) is 14.2 Å². The maximum absolute atomic E-state index is 12.0. The predicted octanol–water partition coefficient (Wildman–Crippen LogP) is 2.98. The number of fused-ring (bicyclic) bond motifs is 1. The summed E-state index contributed by atoms with van der Waals surface area (Å²) in [6.07, 6.45) is 1.58. The fourth-order valence-electron chi connectivity index (χ4n) is 2.13. The highest BCUT2D eigenvalue weighted by atomic mass is 79.9. The van der Waals surface area contributed by atoms with Crippen molar-refractivity contribution in [1.82, 2.24) is 14.8 Å². The van der Waals surface area contributed by atoms with E-state index in [1.54, 1.807) is 24.1 Å². The molecule has 22 heavy (non-hydrogen) atoms. The van der Waals surface area contributed by atoms with Gasteiger partial charge in [-0.3, -0.25) is 0 Å². The second kappa shape index (κ2) is 5.76. The summed E-state index contributed by atoms with van der Waals surface area (Å²) in [5, 5.41) is 4.93. The molecule has 0 bridgehead atoms. The largest absolute Gasteiger partial charge is 0.495 e. The van der Waals surface area contributed by atoms with E-state index in [0.29, 0.717) is 16.8 Å². The van der Waals surface area contributed by atoms with Crippen LogP contribution in [0.15, 0.2) is 41.0 Å². The van der Waals surface area contributed by atoms with Crippen molar-refractivity contribution in [3.8, 4) is 11.4 Å². The van der Waals surface area contributed by atoms with E-state index in [1.807, 2.05) is 24.3 Å². The Morgan fingerprint density at radius 1 is 1.27 bits per heavy atom. The van der Waals surface area contributed by atoms with Crippen molar-refractivity contribution in [2.45, 2.75) is 0 Å². The number of benzene rings is 1. The van der Waals surface area contributed by atoms with Gasteiger partial charge in [-0.25, -0.2) is 14.5 Å². The molecule has 0 unspecified atom stereocenters. The summed E-state index contributed by atoms with van der Waals surface area (Å²) in [5.74, 6) is 0.0280. The van der Waals surface area contributed by atoms with Gasteiger partial charge in [-0.15, -0.1) is 0 Å². The number of halogens is 1. The zero-order chi connectivity index (χ0) is 15.7. The van der Waals surface area contributed by atoms with Gasteiger partial charge in [0.05, 0.1) is 31.5 Å².